The number of aliphatic hydroxyl groups is 1. The van der Waals surface area contributed by atoms with Crippen molar-refractivity contribution in [3.63, 3.8) is 0 Å². The molecule has 4 heteroatoms. The van der Waals surface area contributed by atoms with E-state index in [2.05, 4.69) is 6.92 Å². The summed E-state index contributed by atoms with van der Waals surface area (Å²) in [6, 6.07) is 0. The van der Waals surface area contributed by atoms with Crippen molar-refractivity contribution in [3.8, 4) is 0 Å². The van der Waals surface area contributed by atoms with E-state index in [9.17, 15) is 14.7 Å². The number of hydrogen-bond acceptors (Lipinski definition) is 3. The van der Waals surface area contributed by atoms with Crippen molar-refractivity contribution in [3.05, 3.63) is 24.3 Å². The average Bonchev–Trinajstić information content (AvgIpc) is 2.85. The van der Waals surface area contributed by atoms with Gasteiger partial charge in [0.2, 0.25) is 0 Å². The maximum atomic E-state index is 12.0. The molecular weight excluding hydrogens is 292 g/mol. The Morgan fingerprint density at radius 2 is 2.09 bits per heavy atom. The van der Waals surface area contributed by atoms with Crippen molar-refractivity contribution in [1.82, 2.24) is 0 Å². The van der Waals surface area contributed by atoms with Gasteiger partial charge in [-0.1, -0.05) is 44.1 Å². The van der Waals surface area contributed by atoms with Crippen LogP contribution < -0.4 is 0 Å². The largest absolute Gasteiger partial charge is 0.481 e. The van der Waals surface area contributed by atoms with Crippen LogP contribution in [0, 0.1) is 11.8 Å². The van der Waals surface area contributed by atoms with Crippen molar-refractivity contribution in [1.29, 1.82) is 0 Å². The fraction of sp³-hybridized carbons (Fsp3) is 0.684. The van der Waals surface area contributed by atoms with Crippen LogP contribution in [0.1, 0.15) is 64.7 Å². The fourth-order valence-corrected chi connectivity index (χ4v) is 3.11. The number of carbonyl (C=O) groups is 2. The van der Waals surface area contributed by atoms with Gasteiger partial charge in [-0.15, -0.1) is 0 Å². The normalized spacial score (nSPS) is 23.1. The van der Waals surface area contributed by atoms with E-state index >= 15 is 0 Å². The van der Waals surface area contributed by atoms with Crippen LogP contribution in [0.25, 0.3) is 0 Å². The van der Waals surface area contributed by atoms with Gasteiger partial charge in [-0.05, 0) is 38.0 Å². The lowest BCUT2D eigenvalue weighted by Crippen LogP contribution is -2.14. The summed E-state index contributed by atoms with van der Waals surface area (Å²) in [7, 11) is 0. The Kier molecular flexibility index (Phi) is 9.53. The molecule has 1 saturated carbocycles. The molecule has 0 heterocycles. The molecule has 0 aromatic rings. The minimum atomic E-state index is -0.756. The van der Waals surface area contributed by atoms with E-state index in [1.54, 1.807) is 0 Å². The van der Waals surface area contributed by atoms with Crippen LogP contribution >= 0.6 is 0 Å². The zero-order valence-electron chi connectivity index (χ0n) is 14.1. The summed E-state index contributed by atoms with van der Waals surface area (Å²) in [5.41, 5.74) is 0. The second-order valence-corrected chi connectivity index (χ2v) is 6.34. The number of unbranched alkanes of at least 4 members (excludes halogenated alkanes) is 2. The summed E-state index contributed by atoms with van der Waals surface area (Å²) in [6.07, 6.45) is 13.9. The molecule has 1 unspecified atom stereocenters. The van der Waals surface area contributed by atoms with E-state index < -0.39 is 12.1 Å². The third kappa shape index (κ3) is 8.12. The molecule has 1 rings (SSSR count). The first kappa shape index (κ1) is 19.6. The lowest BCUT2D eigenvalue weighted by molar-refractivity contribution is -0.137. The predicted octanol–water partition coefficient (Wildman–Crippen LogP) is 3.89. The molecular formula is C19H30O4. The van der Waals surface area contributed by atoms with Gasteiger partial charge >= 0.3 is 5.97 Å². The van der Waals surface area contributed by atoms with Crippen LogP contribution in [0.5, 0.6) is 0 Å². The van der Waals surface area contributed by atoms with Crippen LogP contribution in [0.15, 0.2) is 24.3 Å². The van der Waals surface area contributed by atoms with Crippen LogP contribution in [0.4, 0.5) is 0 Å². The minimum absolute atomic E-state index is 0.0504. The van der Waals surface area contributed by atoms with Crippen LogP contribution in [0.2, 0.25) is 0 Å². The van der Waals surface area contributed by atoms with Gasteiger partial charge in [0.15, 0.2) is 0 Å². The summed E-state index contributed by atoms with van der Waals surface area (Å²) in [4.78, 5) is 22.5. The number of carboxylic acid groups (broad SMARTS) is 1. The number of carbonyl (C=O) groups excluding carboxylic acids is 1. The monoisotopic (exact) mass is 322 g/mol. The molecule has 2 N–H and O–H groups in total. The second kappa shape index (κ2) is 11.2. The Morgan fingerprint density at radius 1 is 1.30 bits per heavy atom. The van der Waals surface area contributed by atoms with Crippen molar-refractivity contribution in [2.24, 2.45) is 11.8 Å². The van der Waals surface area contributed by atoms with Crippen molar-refractivity contribution in [2.45, 2.75) is 70.8 Å². The topological polar surface area (TPSA) is 74.6 Å². The van der Waals surface area contributed by atoms with E-state index in [-0.39, 0.29) is 18.3 Å². The third-order valence-corrected chi connectivity index (χ3v) is 4.42. The maximum Gasteiger partial charge on any atom is 0.303 e. The number of allylic oxidation sites excluding steroid dienone is 2. The lowest BCUT2D eigenvalue weighted by Gasteiger charge is -2.15. The molecule has 0 aromatic carbocycles. The fourth-order valence-electron chi connectivity index (χ4n) is 3.11. The summed E-state index contributed by atoms with van der Waals surface area (Å²) >= 11 is 0. The standard InChI is InChI=1S/C19H30O4/c1-2-3-5-8-16(20)13-11-15-12-14-18(21)17(15)9-6-4-7-10-19(22)23/h3,5,11,13,15-17,20H,2,4,6-10,12,14H2,1H3,(H,22,23)/b5-3-,13-11-/t15-,16?,17+/m1/s1. The highest BCUT2D eigenvalue weighted by Crippen LogP contribution is 2.33. The van der Waals surface area contributed by atoms with Crippen molar-refractivity contribution in [2.75, 3.05) is 0 Å². The SMILES string of the molecule is CC/C=C\CC(O)/C=C\[C@@H]1CCC(=O)[C@H]1CCCCCC(=O)O. The number of aliphatic carboxylic acids is 1. The average molecular weight is 322 g/mol. The molecule has 3 atom stereocenters. The van der Waals surface area contributed by atoms with E-state index in [0.717, 1.165) is 32.1 Å². The molecule has 1 aliphatic carbocycles. The zero-order chi connectivity index (χ0) is 17.1. The van der Waals surface area contributed by atoms with E-state index in [1.165, 1.54) is 0 Å². The molecule has 0 aliphatic heterocycles. The molecule has 1 fully saturated rings. The van der Waals surface area contributed by atoms with Gasteiger partial charge < -0.3 is 10.2 Å². The summed E-state index contributed by atoms with van der Waals surface area (Å²) in [5, 5.41) is 18.5. The Morgan fingerprint density at radius 3 is 2.78 bits per heavy atom. The quantitative estimate of drug-likeness (QED) is 0.447. The van der Waals surface area contributed by atoms with Gasteiger partial charge in [-0.25, -0.2) is 0 Å². The van der Waals surface area contributed by atoms with Crippen molar-refractivity contribution >= 4 is 11.8 Å². The first-order valence-corrected chi connectivity index (χ1v) is 8.80. The van der Waals surface area contributed by atoms with Crippen LogP contribution in [0.3, 0.4) is 0 Å². The van der Waals surface area contributed by atoms with Gasteiger partial charge in [0.25, 0.3) is 0 Å². The molecule has 23 heavy (non-hydrogen) atoms. The maximum absolute atomic E-state index is 12.0. The summed E-state index contributed by atoms with van der Waals surface area (Å²) in [5.74, 6) is -0.159. The zero-order valence-corrected chi connectivity index (χ0v) is 14.1. The second-order valence-electron chi connectivity index (χ2n) is 6.34. The first-order valence-electron chi connectivity index (χ1n) is 8.80. The van der Waals surface area contributed by atoms with Crippen LogP contribution in [-0.2, 0) is 9.59 Å². The summed E-state index contributed by atoms with van der Waals surface area (Å²) in [6.45, 7) is 2.06. The Balaban J connectivity index is 2.36. The highest BCUT2D eigenvalue weighted by atomic mass is 16.4. The molecule has 1 aliphatic rings. The minimum Gasteiger partial charge on any atom is -0.481 e. The highest BCUT2D eigenvalue weighted by molar-refractivity contribution is 5.83. The predicted molar refractivity (Wildman–Crippen MR) is 91.1 cm³/mol. The van der Waals surface area contributed by atoms with E-state index in [4.69, 9.17) is 5.11 Å². The smallest absolute Gasteiger partial charge is 0.303 e. The molecule has 130 valence electrons. The first-order chi connectivity index (χ1) is 11.0. The summed E-state index contributed by atoms with van der Waals surface area (Å²) < 4.78 is 0. The molecule has 0 aromatic heterocycles. The van der Waals surface area contributed by atoms with Gasteiger partial charge in [0.05, 0.1) is 6.10 Å². The number of ketones is 1. The lowest BCUT2D eigenvalue weighted by atomic mass is 9.89. The highest BCUT2D eigenvalue weighted by Gasteiger charge is 2.32. The van der Waals surface area contributed by atoms with Crippen molar-refractivity contribution < 1.29 is 19.8 Å². The number of rotatable bonds is 11. The third-order valence-electron chi connectivity index (χ3n) is 4.42. The van der Waals surface area contributed by atoms with Gasteiger partial charge in [0.1, 0.15) is 5.78 Å². The Bertz CT molecular complexity index is 425. The number of aliphatic hydroxyl groups excluding tert-OH is 1. The Labute approximate surface area is 139 Å². The molecule has 4 nitrogen and oxygen atoms in total. The number of hydrogen-bond donors (Lipinski definition) is 2. The molecule has 0 radical (unpaired) electrons. The molecule has 0 spiro atoms. The number of Topliss-reactive ketones (excluding diaryl/α,β-unsaturated/α-hetero) is 1. The van der Waals surface area contributed by atoms with E-state index in [0.29, 0.717) is 25.0 Å². The Hall–Kier alpha value is -1.42. The van der Waals surface area contributed by atoms with E-state index in [1.807, 2.05) is 24.3 Å². The molecule has 0 bridgehead atoms. The number of carboxylic acids is 1. The van der Waals surface area contributed by atoms with Gasteiger partial charge in [-0.3, -0.25) is 9.59 Å². The van der Waals surface area contributed by atoms with Gasteiger partial charge in [-0.2, -0.15) is 0 Å². The van der Waals surface area contributed by atoms with Gasteiger partial charge in [0, 0.05) is 18.8 Å². The molecule has 0 amide bonds. The molecule has 0 saturated heterocycles. The van der Waals surface area contributed by atoms with Crippen LogP contribution in [-0.4, -0.2) is 28.1 Å².